The van der Waals surface area contributed by atoms with Gasteiger partial charge in [0, 0.05) is 17.6 Å². The molecule has 0 bridgehead atoms. The number of fused-ring (bicyclic) bond motifs is 2. The Balaban J connectivity index is 2.05. The standard InChI is InChI=1S/C15H22O4/c1-9-10-7-11-13(2,5-4-6-14(11,3)17)8-15(10,18)19-12(9)16/h11,17-18H,4-8H2,1-3H3/t11-,13+,14+,15-/m0/s1. The Morgan fingerprint density at radius 3 is 2.63 bits per heavy atom. The topological polar surface area (TPSA) is 66.8 Å². The smallest absolute Gasteiger partial charge is 0.336 e. The molecule has 4 heteroatoms. The molecule has 0 saturated heterocycles. The first-order chi connectivity index (χ1) is 8.68. The number of hydrogen-bond acceptors (Lipinski definition) is 4. The summed E-state index contributed by atoms with van der Waals surface area (Å²) in [5.74, 6) is -1.77. The van der Waals surface area contributed by atoms with Crippen molar-refractivity contribution in [1.82, 2.24) is 0 Å². The van der Waals surface area contributed by atoms with Crippen molar-refractivity contribution < 1.29 is 19.7 Å². The van der Waals surface area contributed by atoms with E-state index in [0.717, 1.165) is 19.3 Å². The van der Waals surface area contributed by atoms with Crippen molar-refractivity contribution in [2.45, 2.75) is 64.3 Å². The van der Waals surface area contributed by atoms with Gasteiger partial charge >= 0.3 is 5.97 Å². The summed E-state index contributed by atoms with van der Waals surface area (Å²) in [6.07, 6.45) is 3.64. The van der Waals surface area contributed by atoms with E-state index in [-0.39, 0.29) is 11.3 Å². The number of hydrogen-bond donors (Lipinski definition) is 2. The largest absolute Gasteiger partial charge is 0.426 e. The Kier molecular flexibility index (Phi) is 2.50. The molecule has 106 valence electrons. The zero-order chi connectivity index (χ0) is 14.1. The lowest BCUT2D eigenvalue weighted by molar-refractivity contribution is -0.220. The lowest BCUT2D eigenvalue weighted by atomic mass is 9.53. The van der Waals surface area contributed by atoms with Gasteiger partial charge in [0.2, 0.25) is 5.79 Å². The third kappa shape index (κ3) is 1.69. The number of carbonyl (C=O) groups excluding carboxylic acids is 1. The van der Waals surface area contributed by atoms with Crippen molar-refractivity contribution in [3.63, 3.8) is 0 Å². The first kappa shape index (κ1) is 13.1. The molecule has 1 aliphatic heterocycles. The highest BCUT2D eigenvalue weighted by atomic mass is 16.7. The zero-order valence-electron chi connectivity index (χ0n) is 11.8. The molecule has 0 spiro atoms. The van der Waals surface area contributed by atoms with Crippen LogP contribution in [0.4, 0.5) is 0 Å². The summed E-state index contributed by atoms with van der Waals surface area (Å²) in [5.41, 5.74) is 0.297. The molecule has 0 amide bonds. The number of aliphatic hydroxyl groups is 2. The van der Waals surface area contributed by atoms with Crippen LogP contribution in [0.15, 0.2) is 11.1 Å². The molecule has 0 aromatic rings. The lowest BCUT2D eigenvalue weighted by Gasteiger charge is -2.55. The summed E-state index contributed by atoms with van der Waals surface area (Å²) >= 11 is 0. The van der Waals surface area contributed by atoms with Crippen LogP contribution in [0.3, 0.4) is 0 Å². The molecule has 1 heterocycles. The van der Waals surface area contributed by atoms with Crippen molar-refractivity contribution in [3.8, 4) is 0 Å². The molecular weight excluding hydrogens is 244 g/mol. The van der Waals surface area contributed by atoms with Gasteiger partial charge in [0.05, 0.1) is 5.60 Å². The third-order valence-electron chi connectivity index (χ3n) is 5.57. The number of esters is 1. The second-order valence-corrected chi connectivity index (χ2v) is 7.08. The summed E-state index contributed by atoms with van der Waals surface area (Å²) in [7, 11) is 0. The van der Waals surface area contributed by atoms with Gasteiger partial charge in [0.25, 0.3) is 0 Å². The molecule has 2 saturated carbocycles. The van der Waals surface area contributed by atoms with Crippen molar-refractivity contribution in [1.29, 1.82) is 0 Å². The van der Waals surface area contributed by atoms with E-state index in [9.17, 15) is 15.0 Å². The predicted octanol–water partition coefficient (Wildman–Crippen LogP) is 1.90. The molecule has 0 radical (unpaired) electrons. The summed E-state index contributed by atoms with van der Waals surface area (Å²) in [5, 5.41) is 21.3. The van der Waals surface area contributed by atoms with Crippen LogP contribution in [0.25, 0.3) is 0 Å². The maximum atomic E-state index is 11.7. The van der Waals surface area contributed by atoms with E-state index < -0.39 is 17.4 Å². The molecule has 0 aromatic heterocycles. The Hall–Kier alpha value is -0.870. The van der Waals surface area contributed by atoms with Crippen LogP contribution in [0.5, 0.6) is 0 Å². The van der Waals surface area contributed by atoms with Crippen molar-refractivity contribution in [2.75, 3.05) is 0 Å². The summed E-state index contributed by atoms with van der Waals surface area (Å²) in [6, 6.07) is 0. The van der Waals surface area contributed by atoms with Crippen LogP contribution in [0.1, 0.15) is 52.9 Å². The Morgan fingerprint density at radius 2 is 1.95 bits per heavy atom. The summed E-state index contributed by atoms with van der Waals surface area (Å²) in [6.45, 7) is 5.68. The SMILES string of the molecule is CC1=C2C[C@H]3[C@](C)(CCC[C@@]3(C)O)C[C@]2(O)OC1=O. The van der Waals surface area contributed by atoms with Crippen LogP contribution in [0.2, 0.25) is 0 Å². The zero-order valence-corrected chi connectivity index (χ0v) is 11.8. The van der Waals surface area contributed by atoms with E-state index in [1.807, 2.05) is 6.92 Å². The molecule has 2 fully saturated rings. The highest BCUT2D eigenvalue weighted by Gasteiger charge is 2.60. The second kappa shape index (κ2) is 3.61. The van der Waals surface area contributed by atoms with E-state index in [4.69, 9.17) is 4.74 Å². The number of carbonyl (C=O) groups is 1. The highest BCUT2D eigenvalue weighted by Crippen LogP contribution is 2.59. The normalized spacial score (nSPS) is 49.7. The fourth-order valence-corrected chi connectivity index (χ4v) is 4.54. The van der Waals surface area contributed by atoms with E-state index in [1.54, 1.807) is 6.92 Å². The predicted molar refractivity (Wildman–Crippen MR) is 69.0 cm³/mol. The van der Waals surface area contributed by atoms with Gasteiger partial charge < -0.3 is 14.9 Å². The van der Waals surface area contributed by atoms with Crippen LogP contribution >= 0.6 is 0 Å². The van der Waals surface area contributed by atoms with Gasteiger partial charge in [-0.2, -0.15) is 0 Å². The summed E-state index contributed by atoms with van der Waals surface area (Å²) < 4.78 is 5.21. The van der Waals surface area contributed by atoms with Crippen LogP contribution in [-0.4, -0.2) is 27.6 Å². The van der Waals surface area contributed by atoms with Gasteiger partial charge in [0.15, 0.2) is 0 Å². The molecule has 2 N–H and O–H groups in total. The van der Waals surface area contributed by atoms with Crippen LogP contribution in [-0.2, 0) is 9.53 Å². The third-order valence-corrected chi connectivity index (χ3v) is 5.57. The number of rotatable bonds is 0. The van der Waals surface area contributed by atoms with Gasteiger partial charge in [-0.05, 0) is 44.4 Å². The van der Waals surface area contributed by atoms with E-state index in [0.29, 0.717) is 24.0 Å². The lowest BCUT2D eigenvalue weighted by Crippen LogP contribution is -2.56. The van der Waals surface area contributed by atoms with E-state index in [1.165, 1.54) is 0 Å². The van der Waals surface area contributed by atoms with Crippen LogP contribution < -0.4 is 0 Å². The molecule has 4 nitrogen and oxygen atoms in total. The van der Waals surface area contributed by atoms with Gasteiger partial charge in [-0.15, -0.1) is 0 Å². The molecule has 19 heavy (non-hydrogen) atoms. The second-order valence-electron chi connectivity index (χ2n) is 7.08. The van der Waals surface area contributed by atoms with Gasteiger partial charge in [0.1, 0.15) is 0 Å². The average Bonchev–Trinajstić information content (AvgIpc) is 2.45. The highest BCUT2D eigenvalue weighted by molar-refractivity contribution is 5.92. The Bertz CT molecular complexity index is 479. The minimum Gasteiger partial charge on any atom is -0.426 e. The Morgan fingerprint density at radius 1 is 1.26 bits per heavy atom. The van der Waals surface area contributed by atoms with Crippen molar-refractivity contribution in [3.05, 3.63) is 11.1 Å². The molecule has 0 aromatic carbocycles. The molecule has 4 atom stereocenters. The molecule has 3 aliphatic rings. The van der Waals surface area contributed by atoms with Crippen molar-refractivity contribution in [2.24, 2.45) is 11.3 Å². The van der Waals surface area contributed by atoms with Crippen LogP contribution in [0, 0.1) is 11.3 Å². The van der Waals surface area contributed by atoms with Gasteiger partial charge in [-0.25, -0.2) is 4.79 Å². The minimum absolute atomic E-state index is 0.0773. The van der Waals surface area contributed by atoms with Gasteiger partial charge in [-0.3, -0.25) is 0 Å². The fourth-order valence-electron chi connectivity index (χ4n) is 4.54. The molecular formula is C15H22O4. The first-order valence-corrected chi connectivity index (χ1v) is 7.06. The summed E-state index contributed by atoms with van der Waals surface area (Å²) in [4.78, 5) is 11.7. The number of ether oxygens (including phenoxy) is 1. The fraction of sp³-hybridized carbons (Fsp3) is 0.800. The molecule has 3 rings (SSSR count). The maximum Gasteiger partial charge on any atom is 0.336 e. The first-order valence-electron chi connectivity index (χ1n) is 7.06. The van der Waals surface area contributed by atoms with Gasteiger partial charge in [-0.1, -0.05) is 13.3 Å². The quantitative estimate of drug-likeness (QED) is 0.657. The Labute approximate surface area is 113 Å². The van der Waals surface area contributed by atoms with Crippen molar-refractivity contribution >= 4 is 5.97 Å². The molecule has 0 unspecified atom stereocenters. The average molecular weight is 266 g/mol. The maximum absolute atomic E-state index is 11.7. The van der Waals surface area contributed by atoms with E-state index >= 15 is 0 Å². The molecule has 2 aliphatic carbocycles. The minimum atomic E-state index is -1.43. The van der Waals surface area contributed by atoms with E-state index in [2.05, 4.69) is 6.92 Å². The monoisotopic (exact) mass is 266 g/mol.